The van der Waals surface area contributed by atoms with E-state index in [-0.39, 0.29) is 11.8 Å². The Kier molecular flexibility index (Phi) is 5.99. The van der Waals surface area contributed by atoms with E-state index in [4.69, 9.17) is 9.47 Å². The predicted molar refractivity (Wildman–Crippen MR) is 123 cm³/mol. The number of carbonyl (C=O) groups excluding carboxylic acids is 1. The molecule has 3 aromatic rings. The number of aromatic nitrogens is 2. The van der Waals surface area contributed by atoms with Crippen LogP contribution in [0.3, 0.4) is 0 Å². The van der Waals surface area contributed by atoms with E-state index in [1.54, 1.807) is 35.5 Å². The zero-order valence-electron chi connectivity index (χ0n) is 18.7. The van der Waals surface area contributed by atoms with Crippen molar-refractivity contribution in [2.75, 3.05) is 31.1 Å². The molecule has 1 amide bonds. The first-order valence-corrected chi connectivity index (χ1v) is 10.6. The summed E-state index contributed by atoms with van der Waals surface area (Å²) in [5.41, 5.74) is 0.144. The molecule has 0 spiro atoms. The highest BCUT2D eigenvalue weighted by Crippen LogP contribution is 2.31. The summed E-state index contributed by atoms with van der Waals surface area (Å²) in [6, 6.07) is 9.57. The maximum absolute atomic E-state index is 12.3. The summed E-state index contributed by atoms with van der Waals surface area (Å²) in [7, 11) is 0. The Morgan fingerprint density at radius 2 is 1.76 bits per heavy atom. The van der Waals surface area contributed by atoms with Gasteiger partial charge in [0.2, 0.25) is 0 Å². The van der Waals surface area contributed by atoms with Crippen molar-refractivity contribution in [1.82, 2.24) is 14.9 Å². The molecule has 33 heavy (non-hydrogen) atoms. The molecule has 172 valence electrons. The maximum atomic E-state index is 12.3. The number of fused-ring (bicyclic) bond motifs is 1. The third-order valence-corrected chi connectivity index (χ3v) is 5.10. The van der Waals surface area contributed by atoms with Crippen LogP contribution in [-0.2, 0) is 4.74 Å². The van der Waals surface area contributed by atoms with Crippen LogP contribution in [0.1, 0.15) is 20.8 Å². The van der Waals surface area contributed by atoms with Crippen LogP contribution in [0.15, 0.2) is 48.8 Å². The number of nitrogens with zero attached hydrogens (tertiary/aromatic N) is 5. The number of nitro benzene ring substituents is 1. The number of nitro groups is 1. The van der Waals surface area contributed by atoms with E-state index >= 15 is 0 Å². The number of ether oxygens (including phenoxy) is 2. The van der Waals surface area contributed by atoms with E-state index < -0.39 is 10.5 Å². The molecule has 0 aliphatic carbocycles. The fourth-order valence-electron chi connectivity index (χ4n) is 3.48. The lowest BCUT2D eigenvalue weighted by Gasteiger charge is -2.36. The molecule has 4 rings (SSSR count). The van der Waals surface area contributed by atoms with Crippen molar-refractivity contribution < 1.29 is 19.2 Å². The third kappa shape index (κ3) is 5.28. The van der Waals surface area contributed by atoms with E-state index in [9.17, 15) is 14.9 Å². The molecule has 3 heterocycles. The van der Waals surface area contributed by atoms with Crippen LogP contribution in [0, 0.1) is 10.1 Å². The number of anilines is 1. The molecule has 0 radical (unpaired) electrons. The van der Waals surface area contributed by atoms with Gasteiger partial charge in [-0.05, 0) is 45.0 Å². The topological polar surface area (TPSA) is 111 Å². The predicted octanol–water partition coefficient (Wildman–Crippen LogP) is 4.39. The second-order valence-electron chi connectivity index (χ2n) is 8.68. The van der Waals surface area contributed by atoms with Crippen LogP contribution >= 0.6 is 0 Å². The number of benzene rings is 1. The van der Waals surface area contributed by atoms with Crippen LogP contribution < -0.4 is 9.64 Å². The Hall–Kier alpha value is -3.95. The van der Waals surface area contributed by atoms with Crippen molar-refractivity contribution in [2.45, 2.75) is 26.4 Å². The molecule has 10 nitrogen and oxygen atoms in total. The largest absolute Gasteiger partial charge is 0.457 e. The molecular formula is C23H25N5O5. The van der Waals surface area contributed by atoms with Gasteiger partial charge in [0.15, 0.2) is 0 Å². The summed E-state index contributed by atoms with van der Waals surface area (Å²) < 4.78 is 11.4. The first-order valence-electron chi connectivity index (χ1n) is 10.6. The Balaban J connectivity index is 1.50. The van der Waals surface area contributed by atoms with E-state index in [0.717, 1.165) is 11.2 Å². The minimum absolute atomic E-state index is 0.000975. The number of piperazine rings is 1. The van der Waals surface area contributed by atoms with Gasteiger partial charge in [-0.25, -0.2) is 9.78 Å². The van der Waals surface area contributed by atoms with E-state index in [0.29, 0.717) is 43.2 Å². The minimum Gasteiger partial charge on any atom is -0.457 e. The van der Waals surface area contributed by atoms with Gasteiger partial charge in [-0.15, -0.1) is 0 Å². The fourth-order valence-corrected chi connectivity index (χ4v) is 3.48. The Labute approximate surface area is 190 Å². The highest BCUT2D eigenvalue weighted by atomic mass is 16.6. The Morgan fingerprint density at radius 1 is 1.06 bits per heavy atom. The third-order valence-electron chi connectivity index (χ3n) is 5.10. The smallest absolute Gasteiger partial charge is 0.410 e. The number of non-ortho nitro benzene ring substituents is 1. The van der Waals surface area contributed by atoms with Crippen molar-refractivity contribution in [3.05, 3.63) is 58.9 Å². The lowest BCUT2D eigenvalue weighted by atomic mass is 10.2. The standard InChI is InChI=1S/C23H25N5O5/c1-23(2,3)33-22(29)27-12-10-26(11-13-27)21-14-18-19(15-25-21)24-9-8-20(18)32-17-6-4-16(5-7-17)28(30)31/h4-9,14-15H,10-13H2,1-3H3. The SMILES string of the molecule is CC(C)(C)OC(=O)N1CCN(c2cc3c(Oc4ccc([N+](=O)[O-])cc4)ccnc3cn2)CC1. The van der Waals surface area contributed by atoms with Crippen LogP contribution in [0.4, 0.5) is 16.3 Å². The number of amides is 1. The summed E-state index contributed by atoms with van der Waals surface area (Å²) in [5, 5.41) is 11.6. The highest BCUT2D eigenvalue weighted by Gasteiger charge is 2.26. The molecular weight excluding hydrogens is 426 g/mol. The molecule has 1 aliphatic rings. The van der Waals surface area contributed by atoms with Gasteiger partial charge in [0.05, 0.1) is 16.6 Å². The Bertz CT molecular complexity index is 1170. The van der Waals surface area contributed by atoms with E-state index in [1.807, 2.05) is 26.8 Å². The van der Waals surface area contributed by atoms with Crippen molar-refractivity contribution in [1.29, 1.82) is 0 Å². The normalized spacial score (nSPS) is 14.3. The summed E-state index contributed by atoms with van der Waals surface area (Å²) in [6.07, 6.45) is 3.01. The van der Waals surface area contributed by atoms with Gasteiger partial charge in [0.1, 0.15) is 22.9 Å². The van der Waals surface area contributed by atoms with Crippen molar-refractivity contribution in [3.63, 3.8) is 0 Å². The summed E-state index contributed by atoms with van der Waals surface area (Å²) >= 11 is 0. The van der Waals surface area contributed by atoms with Gasteiger partial charge in [-0.2, -0.15) is 0 Å². The highest BCUT2D eigenvalue weighted by molar-refractivity contribution is 5.86. The van der Waals surface area contributed by atoms with Crippen LogP contribution in [0.25, 0.3) is 10.9 Å². The molecule has 2 aromatic heterocycles. The maximum Gasteiger partial charge on any atom is 0.410 e. The molecule has 1 aromatic carbocycles. The number of hydrogen-bond donors (Lipinski definition) is 0. The van der Waals surface area contributed by atoms with Crippen molar-refractivity contribution >= 4 is 28.5 Å². The number of carbonyl (C=O) groups is 1. The van der Waals surface area contributed by atoms with Crippen molar-refractivity contribution in [3.8, 4) is 11.5 Å². The number of hydrogen-bond acceptors (Lipinski definition) is 8. The van der Waals surface area contributed by atoms with Gasteiger partial charge in [-0.3, -0.25) is 15.1 Å². The second kappa shape index (κ2) is 8.89. The molecule has 0 atom stereocenters. The molecule has 0 bridgehead atoms. The second-order valence-corrected chi connectivity index (χ2v) is 8.68. The first kappa shape index (κ1) is 22.3. The fraction of sp³-hybridized carbons (Fsp3) is 0.348. The zero-order valence-corrected chi connectivity index (χ0v) is 18.7. The molecule has 0 N–H and O–H groups in total. The quantitative estimate of drug-likeness (QED) is 0.424. The van der Waals surface area contributed by atoms with E-state index in [1.165, 1.54) is 12.1 Å². The lowest BCUT2D eigenvalue weighted by molar-refractivity contribution is -0.384. The van der Waals surface area contributed by atoms with Gasteiger partial charge in [-0.1, -0.05) is 0 Å². The average Bonchev–Trinajstić information content (AvgIpc) is 2.78. The van der Waals surface area contributed by atoms with Gasteiger partial charge < -0.3 is 19.3 Å². The van der Waals surface area contributed by atoms with Gasteiger partial charge >= 0.3 is 6.09 Å². The molecule has 0 saturated carbocycles. The Morgan fingerprint density at radius 3 is 2.39 bits per heavy atom. The summed E-state index contributed by atoms with van der Waals surface area (Å²) in [6.45, 7) is 7.87. The molecule has 0 unspecified atom stereocenters. The average molecular weight is 451 g/mol. The minimum atomic E-state index is -0.527. The monoisotopic (exact) mass is 451 g/mol. The van der Waals surface area contributed by atoms with Crippen molar-refractivity contribution in [2.24, 2.45) is 0 Å². The molecule has 1 aliphatic heterocycles. The van der Waals surface area contributed by atoms with Crippen LogP contribution in [-0.4, -0.2) is 57.7 Å². The van der Waals surface area contributed by atoms with Gasteiger partial charge in [0, 0.05) is 49.9 Å². The number of rotatable bonds is 4. The summed E-state index contributed by atoms with van der Waals surface area (Å²) in [5.74, 6) is 1.82. The zero-order chi connectivity index (χ0) is 23.6. The van der Waals surface area contributed by atoms with Crippen LogP contribution in [0.2, 0.25) is 0 Å². The van der Waals surface area contributed by atoms with E-state index in [2.05, 4.69) is 14.9 Å². The summed E-state index contributed by atoms with van der Waals surface area (Å²) in [4.78, 5) is 35.4. The molecule has 1 saturated heterocycles. The first-order chi connectivity index (χ1) is 15.7. The molecule has 1 fully saturated rings. The molecule has 10 heteroatoms. The lowest BCUT2D eigenvalue weighted by Crippen LogP contribution is -2.50. The van der Waals surface area contributed by atoms with Gasteiger partial charge in [0.25, 0.3) is 5.69 Å². The number of pyridine rings is 2. The van der Waals surface area contributed by atoms with Crippen LogP contribution in [0.5, 0.6) is 11.5 Å².